The standard InChI is InChI=1S/C13H21NS/c1-10-5-6-12(7-11(10)2)8-15-9-13(3,4)14/h5-7H,8-9,14H2,1-4H3. The molecule has 0 amide bonds. The first-order valence-electron chi connectivity index (χ1n) is 5.31. The van der Waals surface area contributed by atoms with Crippen LogP contribution in [0.3, 0.4) is 0 Å². The third-order valence-corrected chi connectivity index (χ3v) is 3.80. The Kier molecular flexibility index (Phi) is 4.23. The van der Waals surface area contributed by atoms with Gasteiger partial charge in [0.05, 0.1) is 0 Å². The van der Waals surface area contributed by atoms with Crippen LogP contribution in [0.25, 0.3) is 0 Å². The normalized spacial score (nSPS) is 11.8. The topological polar surface area (TPSA) is 26.0 Å². The number of hydrogen-bond acceptors (Lipinski definition) is 2. The highest BCUT2D eigenvalue weighted by molar-refractivity contribution is 7.98. The number of rotatable bonds is 4. The van der Waals surface area contributed by atoms with Crippen LogP contribution in [0.15, 0.2) is 18.2 Å². The lowest BCUT2D eigenvalue weighted by Crippen LogP contribution is -2.34. The van der Waals surface area contributed by atoms with Crippen molar-refractivity contribution in [1.29, 1.82) is 0 Å². The third-order valence-electron chi connectivity index (χ3n) is 2.31. The van der Waals surface area contributed by atoms with Gasteiger partial charge in [0.15, 0.2) is 0 Å². The molecule has 0 spiro atoms. The summed E-state index contributed by atoms with van der Waals surface area (Å²) in [6.07, 6.45) is 0. The van der Waals surface area contributed by atoms with Crippen LogP contribution < -0.4 is 5.73 Å². The van der Waals surface area contributed by atoms with Crippen LogP contribution in [0.2, 0.25) is 0 Å². The maximum Gasteiger partial charge on any atom is 0.0188 e. The summed E-state index contributed by atoms with van der Waals surface area (Å²) in [5, 5.41) is 0. The highest BCUT2D eigenvalue weighted by Gasteiger charge is 2.10. The van der Waals surface area contributed by atoms with Gasteiger partial charge in [-0.3, -0.25) is 0 Å². The SMILES string of the molecule is Cc1ccc(CSCC(C)(C)N)cc1C. The molecule has 1 aromatic rings. The zero-order valence-corrected chi connectivity index (χ0v) is 10.9. The Morgan fingerprint density at radius 2 is 1.87 bits per heavy atom. The Morgan fingerprint density at radius 1 is 1.20 bits per heavy atom. The lowest BCUT2D eigenvalue weighted by atomic mass is 10.1. The van der Waals surface area contributed by atoms with Gasteiger partial charge in [-0.25, -0.2) is 0 Å². The van der Waals surface area contributed by atoms with Crippen molar-refractivity contribution in [1.82, 2.24) is 0 Å². The Hall–Kier alpha value is -0.470. The molecule has 0 unspecified atom stereocenters. The van der Waals surface area contributed by atoms with Crippen molar-refractivity contribution in [3.8, 4) is 0 Å². The van der Waals surface area contributed by atoms with Crippen LogP contribution in [-0.2, 0) is 5.75 Å². The van der Waals surface area contributed by atoms with Gasteiger partial charge in [0.2, 0.25) is 0 Å². The minimum Gasteiger partial charge on any atom is -0.325 e. The second kappa shape index (κ2) is 5.04. The number of benzene rings is 1. The molecule has 0 aliphatic heterocycles. The van der Waals surface area contributed by atoms with Crippen molar-refractivity contribution in [2.24, 2.45) is 5.73 Å². The van der Waals surface area contributed by atoms with Crippen molar-refractivity contribution in [2.75, 3.05) is 5.75 Å². The molecule has 0 heterocycles. The van der Waals surface area contributed by atoms with E-state index in [4.69, 9.17) is 5.73 Å². The average molecular weight is 223 g/mol. The quantitative estimate of drug-likeness (QED) is 0.848. The molecule has 0 aliphatic rings. The Labute approximate surface area is 97.4 Å². The van der Waals surface area contributed by atoms with E-state index < -0.39 is 0 Å². The molecule has 1 nitrogen and oxygen atoms in total. The van der Waals surface area contributed by atoms with Gasteiger partial charge in [0.1, 0.15) is 0 Å². The van der Waals surface area contributed by atoms with Gasteiger partial charge in [-0.1, -0.05) is 18.2 Å². The van der Waals surface area contributed by atoms with Crippen LogP contribution in [0.1, 0.15) is 30.5 Å². The van der Waals surface area contributed by atoms with E-state index in [1.54, 1.807) is 0 Å². The predicted molar refractivity (Wildman–Crippen MR) is 70.3 cm³/mol. The highest BCUT2D eigenvalue weighted by atomic mass is 32.2. The second-order valence-corrected chi connectivity index (χ2v) is 5.89. The largest absolute Gasteiger partial charge is 0.325 e. The van der Waals surface area contributed by atoms with Crippen molar-refractivity contribution < 1.29 is 0 Å². The molecule has 0 fully saturated rings. The molecular weight excluding hydrogens is 202 g/mol. The second-order valence-electron chi connectivity index (χ2n) is 4.90. The number of thioether (sulfide) groups is 1. The zero-order chi connectivity index (χ0) is 11.5. The van der Waals surface area contributed by atoms with Gasteiger partial charge in [0.25, 0.3) is 0 Å². The van der Waals surface area contributed by atoms with Crippen LogP contribution in [0.5, 0.6) is 0 Å². The lowest BCUT2D eigenvalue weighted by molar-refractivity contribution is 0.591. The number of hydrogen-bond donors (Lipinski definition) is 1. The minimum absolute atomic E-state index is 0.0651. The summed E-state index contributed by atoms with van der Waals surface area (Å²) in [6.45, 7) is 8.45. The molecule has 1 aromatic carbocycles. The molecule has 0 atom stereocenters. The summed E-state index contributed by atoms with van der Waals surface area (Å²) < 4.78 is 0. The van der Waals surface area contributed by atoms with Crippen molar-refractivity contribution in [3.05, 3.63) is 34.9 Å². The van der Waals surface area contributed by atoms with Gasteiger partial charge in [0, 0.05) is 17.0 Å². The van der Waals surface area contributed by atoms with Gasteiger partial charge in [-0.2, -0.15) is 11.8 Å². The fourth-order valence-corrected chi connectivity index (χ4v) is 2.37. The van der Waals surface area contributed by atoms with Crippen molar-refractivity contribution in [2.45, 2.75) is 39.0 Å². The predicted octanol–water partition coefficient (Wildman–Crippen LogP) is 3.27. The van der Waals surface area contributed by atoms with E-state index >= 15 is 0 Å². The van der Waals surface area contributed by atoms with E-state index in [0.29, 0.717) is 0 Å². The van der Waals surface area contributed by atoms with Gasteiger partial charge >= 0.3 is 0 Å². The molecule has 0 aromatic heterocycles. The van der Waals surface area contributed by atoms with E-state index in [2.05, 4.69) is 45.9 Å². The van der Waals surface area contributed by atoms with Crippen molar-refractivity contribution >= 4 is 11.8 Å². The molecule has 1 rings (SSSR count). The fraction of sp³-hybridized carbons (Fsp3) is 0.538. The monoisotopic (exact) mass is 223 g/mol. The minimum atomic E-state index is -0.0651. The Bertz CT molecular complexity index is 326. The summed E-state index contributed by atoms with van der Waals surface area (Å²) in [4.78, 5) is 0. The van der Waals surface area contributed by atoms with Crippen LogP contribution >= 0.6 is 11.8 Å². The number of nitrogens with two attached hydrogens (primary N) is 1. The van der Waals surface area contributed by atoms with Crippen molar-refractivity contribution in [3.63, 3.8) is 0 Å². The lowest BCUT2D eigenvalue weighted by Gasteiger charge is -2.17. The summed E-state index contributed by atoms with van der Waals surface area (Å²) >= 11 is 1.90. The summed E-state index contributed by atoms with van der Waals surface area (Å²) in [5.74, 6) is 2.06. The van der Waals surface area contributed by atoms with E-state index in [9.17, 15) is 0 Å². The average Bonchev–Trinajstić information content (AvgIpc) is 2.09. The molecule has 0 saturated carbocycles. The van der Waals surface area contributed by atoms with Crippen LogP contribution in [-0.4, -0.2) is 11.3 Å². The van der Waals surface area contributed by atoms with Crippen LogP contribution in [0.4, 0.5) is 0 Å². The van der Waals surface area contributed by atoms with E-state index in [1.807, 2.05) is 11.8 Å². The van der Waals surface area contributed by atoms with Gasteiger partial charge in [-0.05, 0) is 44.4 Å². The van der Waals surface area contributed by atoms with E-state index in [1.165, 1.54) is 16.7 Å². The maximum absolute atomic E-state index is 5.93. The summed E-state index contributed by atoms with van der Waals surface area (Å²) in [6, 6.07) is 6.67. The number of aryl methyl sites for hydroxylation is 2. The van der Waals surface area contributed by atoms with E-state index in [0.717, 1.165) is 11.5 Å². The molecule has 0 aliphatic carbocycles. The molecular formula is C13H21NS. The molecule has 0 bridgehead atoms. The Balaban J connectivity index is 2.48. The summed E-state index contributed by atoms with van der Waals surface area (Å²) in [5.41, 5.74) is 10.0. The van der Waals surface area contributed by atoms with Gasteiger partial charge in [-0.15, -0.1) is 0 Å². The molecule has 2 N–H and O–H groups in total. The fourth-order valence-electron chi connectivity index (χ4n) is 1.33. The first kappa shape index (κ1) is 12.6. The zero-order valence-electron chi connectivity index (χ0n) is 10.1. The molecule has 84 valence electrons. The Morgan fingerprint density at radius 3 is 2.40 bits per heavy atom. The van der Waals surface area contributed by atoms with Gasteiger partial charge < -0.3 is 5.73 Å². The first-order chi connectivity index (χ1) is 6.88. The third kappa shape index (κ3) is 4.72. The molecule has 0 saturated heterocycles. The molecule has 0 radical (unpaired) electrons. The van der Waals surface area contributed by atoms with E-state index in [-0.39, 0.29) is 5.54 Å². The smallest absolute Gasteiger partial charge is 0.0188 e. The van der Waals surface area contributed by atoms with Crippen LogP contribution in [0, 0.1) is 13.8 Å². The maximum atomic E-state index is 5.93. The highest BCUT2D eigenvalue weighted by Crippen LogP contribution is 2.18. The molecule has 15 heavy (non-hydrogen) atoms. The summed E-state index contributed by atoms with van der Waals surface area (Å²) in [7, 11) is 0. The molecule has 2 heteroatoms. The first-order valence-corrected chi connectivity index (χ1v) is 6.47.